The summed E-state index contributed by atoms with van der Waals surface area (Å²) in [5.41, 5.74) is 6.89. The van der Waals surface area contributed by atoms with E-state index in [4.69, 9.17) is 10.5 Å². The number of halogens is 2. The van der Waals surface area contributed by atoms with Crippen LogP contribution in [-0.2, 0) is 23.0 Å². The topological polar surface area (TPSA) is 109 Å². The Morgan fingerprint density at radius 1 is 1.22 bits per heavy atom. The average Bonchev–Trinajstić information content (AvgIpc) is 2.98. The van der Waals surface area contributed by atoms with Crippen LogP contribution in [-0.4, -0.2) is 30.7 Å². The molecule has 27 heavy (non-hydrogen) atoms. The summed E-state index contributed by atoms with van der Waals surface area (Å²) in [6.45, 7) is 1.44. The lowest BCUT2D eigenvalue weighted by atomic mass is 10.1. The Hall–Kier alpha value is -3.43. The van der Waals surface area contributed by atoms with E-state index < -0.39 is 23.8 Å². The first-order valence-corrected chi connectivity index (χ1v) is 7.94. The number of anilines is 1. The quantitative estimate of drug-likeness (QED) is 0.537. The molecule has 0 amide bonds. The van der Waals surface area contributed by atoms with E-state index in [0.29, 0.717) is 22.8 Å². The fourth-order valence-corrected chi connectivity index (χ4v) is 2.50. The first-order chi connectivity index (χ1) is 12.8. The fraction of sp³-hybridized carbons (Fsp3) is 0.235. The number of aryl methyl sites for hydroxylation is 1. The molecular formula is C17H16F2N6O2. The number of carbonyl (C=O) groups excluding carboxylic acids is 1. The standard InChI is InChI=1S/C17H16F2N6O2/c1-9(12-3-10(18)5-21-16(12)19)27-15(26)4-14-13(8-24-25(14)2)17-22-6-11(20)7-23-17/h3,5-9H,4,20H2,1-2H3/t9-/m1/s1. The minimum Gasteiger partial charge on any atom is -0.457 e. The second-order valence-corrected chi connectivity index (χ2v) is 5.81. The molecule has 8 nitrogen and oxygen atoms in total. The van der Waals surface area contributed by atoms with Crippen LogP contribution in [0.2, 0.25) is 0 Å². The molecule has 3 aromatic heterocycles. The van der Waals surface area contributed by atoms with Gasteiger partial charge in [-0.05, 0) is 13.0 Å². The highest BCUT2D eigenvalue weighted by atomic mass is 19.1. The van der Waals surface area contributed by atoms with E-state index in [0.717, 1.165) is 12.3 Å². The molecule has 0 aliphatic carbocycles. The van der Waals surface area contributed by atoms with Crippen LogP contribution in [0.3, 0.4) is 0 Å². The number of nitrogen functional groups attached to an aromatic ring is 1. The molecule has 2 N–H and O–H groups in total. The van der Waals surface area contributed by atoms with Crippen molar-refractivity contribution in [1.82, 2.24) is 24.7 Å². The van der Waals surface area contributed by atoms with Crippen LogP contribution in [0.15, 0.2) is 30.9 Å². The van der Waals surface area contributed by atoms with Crippen molar-refractivity contribution in [3.8, 4) is 11.4 Å². The lowest BCUT2D eigenvalue weighted by Gasteiger charge is -2.14. The summed E-state index contributed by atoms with van der Waals surface area (Å²) in [7, 11) is 1.66. The number of esters is 1. The summed E-state index contributed by atoms with van der Waals surface area (Å²) in [5, 5.41) is 4.11. The fourth-order valence-electron chi connectivity index (χ4n) is 2.50. The number of ether oxygens (including phenoxy) is 1. The van der Waals surface area contributed by atoms with Crippen molar-refractivity contribution >= 4 is 11.7 Å². The molecular weight excluding hydrogens is 358 g/mol. The van der Waals surface area contributed by atoms with E-state index in [1.807, 2.05) is 0 Å². The molecule has 0 spiro atoms. The summed E-state index contributed by atoms with van der Waals surface area (Å²) in [4.78, 5) is 23.8. The Labute approximate surface area is 153 Å². The number of hydrogen-bond donors (Lipinski definition) is 1. The smallest absolute Gasteiger partial charge is 0.312 e. The molecule has 0 aliphatic heterocycles. The summed E-state index contributed by atoms with van der Waals surface area (Å²) >= 11 is 0. The van der Waals surface area contributed by atoms with Crippen molar-refractivity contribution in [3.05, 3.63) is 53.9 Å². The van der Waals surface area contributed by atoms with Gasteiger partial charge < -0.3 is 10.5 Å². The predicted octanol–water partition coefficient (Wildman–Crippen LogP) is 1.98. The Bertz CT molecular complexity index is 974. The molecule has 3 rings (SSSR count). The monoisotopic (exact) mass is 374 g/mol. The van der Waals surface area contributed by atoms with E-state index >= 15 is 0 Å². The maximum Gasteiger partial charge on any atom is 0.312 e. The molecule has 140 valence electrons. The second-order valence-electron chi connectivity index (χ2n) is 5.81. The molecule has 3 heterocycles. The second kappa shape index (κ2) is 7.44. The predicted molar refractivity (Wildman–Crippen MR) is 91.0 cm³/mol. The van der Waals surface area contributed by atoms with Gasteiger partial charge in [0.2, 0.25) is 5.95 Å². The highest BCUT2D eigenvalue weighted by molar-refractivity contribution is 5.75. The number of hydrogen-bond acceptors (Lipinski definition) is 7. The zero-order valence-electron chi connectivity index (χ0n) is 14.6. The van der Waals surface area contributed by atoms with Crippen molar-refractivity contribution in [2.24, 2.45) is 7.05 Å². The number of aromatic nitrogens is 5. The van der Waals surface area contributed by atoms with Gasteiger partial charge in [0.1, 0.15) is 11.9 Å². The first-order valence-electron chi connectivity index (χ1n) is 7.94. The zero-order valence-corrected chi connectivity index (χ0v) is 14.6. The van der Waals surface area contributed by atoms with E-state index in [2.05, 4.69) is 20.1 Å². The largest absolute Gasteiger partial charge is 0.457 e. The number of pyridine rings is 1. The van der Waals surface area contributed by atoms with Gasteiger partial charge in [0.15, 0.2) is 5.82 Å². The van der Waals surface area contributed by atoms with Gasteiger partial charge >= 0.3 is 5.97 Å². The molecule has 0 radical (unpaired) electrons. The SMILES string of the molecule is C[C@@H](OC(=O)Cc1c(-c2ncc(N)cn2)cnn1C)c1cc(F)cnc1F. The van der Waals surface area contributed by atoms with Crippen LogP contribution < -0.4 is 5.73 Å². The van der Waals surface area contributed by atoms with Crippen molar-refractivity contribution in [3.63, 3.8) is 0 Å². The maximum absolute atomic E-state index is 13.7. The van der Waals surface area contributed by atoms with Crippen LogP contribution >= 0.6 is 0 Å². The van der Waals surface area contributed by atoms with Gasteiger partial charge in [-0.2, -0.15) is 9.49 Å². The molecule has 0 saturated carbocycles. The van der Waals surface area contributed by atoms with E-state index in [1.165, 1.54) is 30.2 Å². The Kier molecular flexibility index (Phi) is 5.06. The van der Waals surface area contributed by atoms with Crippen LogP contribution in [0.25, 0.3) is 11.4 Å². The molecule has 0 unspecified atom stereocenters. The minimum absolute atomic E-state index is 0.143. The lowest BCUT2D eigenvalue weighted by Crippen LogP contribution is -2.15. The Morgan fingerprint density at radius 3 is 2.63 bits per heavy atom. The van der Waals surface area contributed by atoms with E-state index in [-0.39, 0.29) is 12.0 Å². The normalized spacial score (nSPS) is 12.0. The van der Waals surface area contributed by atoms with Crippen molar-refractivity contribution in [2.75, 3.05) is 5.73 Å². The third kappa shape index (κ3) is 4.05. The maximum atomic E-state index is 13.7. The van der Waals surface area contributed by atoms with Crippen molar-refractivity contribution in [2.45, 2.75) is 19.4 Å². The Balaban J connectivity index is 1.77. The third-order valence-electron chi connectivity index (χ3n) is 3.87. The van der Waals surface area contributed by atoms with Crippen molar-refractivity contribution in [1.29, 1.82) is 0 Å². The van der Waals surface area contributed by atoms with Crippen LogP contribution in [0.5, 0.6) is 0 Å². The third-order valence-corrected chi connectivity index (χ3v) is 3.87. The highest BCUT2D eigenvalue weighted by Gasteiger charge is 2.21. The molecule has 0 saturated heterocycles. The van der Waals surface area contributed by atoms with E-state index in [1.54, 1.807) is 7.05 Å². The van der Waals surface area contributed by atoms with Crippen molar-refractivity contribution < 1.29 is 18.3 Å². The van der Waals surface area contributed by atoms with Gasteiger partial charge in [0.25, 0.3) is 0 Å². The van der Waals surface area contributed by atoms with Gasteiger partial charge in [-0.1, -0.05) is 0 Å². The van der Waals surface area contributed by atoms with Gasteiger partial charge in [0, 0.05) is 7.05 Å². The molecule has 0 aromatic carbocycles. The van der Waals surface area contributed by atoms with Gasteiger partial charge in [0.05, 0.1) is 53.7 Å². The molecule has 0 fully saturated rings. The molecule has 1 atom stereocenters. The minimum atomic E-state index is -1.01. The molecule has 3 aromatic rings. The number of nitrogens with two attached hydrogens (primary N) is 1. The van der Waals surface area contributed by atoms with E-state index in [9.17, 15) is 13.6 Å². The van der Waals surface area contributed by atoms with Gasteiger partial charge in [-0.25, -0.2) is 19.3 Å². The average molecular weight is 374 g/mol. The number of carbonyl (C=O) groups is 1. The van der Waals surface area contributed by atoms with Gasteiger partial charge in [-0.3, -0.25) is 9.48 Å². The number of rotatable bonds is 5. The van der Waals surface area contributed by atoms with Crippen LogP contribution in [0, 0.1) is 11.8 Å². The summed E-state index contributed by atoms with van der Waals surface area (Å²) in [5.74, 6) is -1.91. The van der Waals surface area contributed by atoms with Crippen LogP contribution in [0.4, 0.5) is 14.5 Å². The highest BCUT2D eigenvalue weighted by Crippen LogP contribution is 2.23. The molecule has 10 heteroatoms. The Morgan fingerprint density at radius 2 is 1.93 bits per heavy atom. The summed E-state index contributed by atoms with van der Waals surface area (Å²) in [6, 6.07) is 0.942. The van der Waals surface area contributed by atoms with Crippen LogP contribution in [0.1, 0.15) is 24.3 Å². The molecule has 0 bridgehead atoms. The lowest BCUT2D eigenvalue weighted by molar-refractivity contribution is -0.148. The zero-order chi connectivity index (χ0) is 19.6. The number of nitrogens with zero attached hydrogens (tertiary/aromatic N) is 5. The summed E-state index contributed by atoms with van der Waals surface area (Å²) < 4.78 is 33.7. The van der Waals surface area contributed by atoms with Gasteiger partial charge in [-0.15, -0.1) is 0 Å². The first kappa shape index (κ1) is 18.4. The molecule has 0 aliphatic rings. The summed E-state index contributed by atoms with van der Waals surface area (Å²) in [6.07, 6.45) is 3.99.